The Bertz CT molecular complexity index is 1230. The van der Waals surface area contributed by atoms with Gasteiger partial charge in [-0.05, 0) is 35.0 Å². The molecule has 1 aliphatic rings. The Morgan fingerprint density at radius 3 is 2.33 bits per heavy atom. The standard InChI is InChI=1S/C25H21N3O4S/c1-32-22-13-12-21(28(30)31)14-20(22)15-23-24(29)27(17-19-10-6-3-7-11-19)25(33-23)26-16-18-8-4-2-5-9-18/h2-15H,16-17H2,1H3/b23-15-,26-25?. The summed E-state index contributed by atoms with van der Waals surface area (Å²) in [6.45, 7) is 0.818. The largest absolute Gasteiger partial charge is 0.496 e. The number of amidine groups is 1. The van der Waals surface area contributed by atoms with E-state index < -0.39 is 4.92 Å². The molecule has 0 bridgehead atoms. The first-order chi connectivity index (χ1) is 16.0. The average Bonchev–Trinajstić information content (AvgIpc) is 3.13. The molecular formula is C25H21N3O4S. The molecule has 1 fully saturated rings. The summed E-state index contributed by atoms with van der Waals surface area (Å²) in [5.74, 6) is 0.245. The van der Waals surface area contributed by atoms with E-state index in [1.54, 1.807) is 11.0 Å². The lowest BCUT2D eigenvalue weighted by Crippen LogP contribution is -2.28. The van der Waals surface area contributed by atoms with Crippen molar-refractivity contribution in [1.82, 2.24) is 4.90 Å². The highest BCUT2D eigenvalue weighted by atomic mass is 32.2. The minimum atomic E-state index is -0.473. The highest BCUT2D eigenvalue weighted by Crippen LogP contribution is 2.36. The van der Waals surface area contributed by atoms with E-state index in [2.05, 4.69) is 0 Å². The lowest BCUT2D eigenvalue weighted by Gasteiger charge is -2.15. The number of carbonyl (C=O) groups excluding carboxylic acids is 1. The zero-order valence-electron chi connectivity index (χ0n) is 17.9. The summed E-state index contributed by atoms with van der Waals surface area (Å²) in [5.41, 5.74) is 2.41. The van der Waals surface area contributed by atoms with Gasteiger partial charge in [0.2, 0.25) is 0 Å². The van der Waals surface area contributed by atoms with Gasteiger partial charge in [-0.1, -0.05) is 60.7 Å². The van der Waals surface area contributed by atoms with Crippen molar-refractivity contribution >= 4 is 34.6 Å². The molecule has 1 aliphatic heterocycles. The summed E-state index contributed by atoms with van der Waals surface area (Å²) < 4.78 is 5.35. The van der Waals surface area contributed by atoms with Crippen molar-refractivity contribution in [3.05, 3.63) is 111 Å². The van der Waals surface area contributed by atoms with Crippen molar-refractivity contribution < 1.29 is 14.5 Å². The van der Waals surface area contributed by atoms with Crippen molar-refractivity contribution in [2.75, 3.05) is 7.11 Å². The quantitative estimate of drug-likeness (QED) is 0.273. The second kappa shape index (κ2) is 10.1. The molecule has 0 aliphatic carbocycles. The number of hydrogen-bond donors (Lipinski definition) is 0. The zero-order valence-corrected chi connectivity index (χ0v) is 18.7. The molecule has 0 radical (unpaired) electrons. The van der Waals surface area contributed by atoms with Crippen molar-refractivity contribution in [3.8, 4) is 5.75 Å². The SMILES string of the molecule is COc1ccc([N+](=O)[O-])cc1/C=C1\SC(=NCc2ccccc2)N(Cc2ccccc2)C1=O. The van der Waals surface area contributed by atoms with Crippen LogP contribution in [0.4, 0.5) is 5.69 Å². The highest BCUT2D eigenvalue weighted by Gasteiger charge is 2.33. The summed E-state index contributed by atoms with van der Waals surface area (Å²) in [4.78, 5) is 30.9. The third kappa shape index (κ3) is 5.30. The minimum Gasteiger partial charge on any atom is -0.496 e. The first kappa shape index (κ1) is 22.3. The molecule has 0 atom stereocenters. The first-order valence-electron chi connectivity index (χ1n) is 10.2. The van der Waals surface area contributed by atoms with Crippen LogP contribution in [0.1, 0.15) is 16.7 Å². The number of carbonyl (C=O) groups is 1. The molecule has 8 heteroatoms. The van der Waals surface area contributed by atoms with Gasteiger partial charge in [-0.25, -0.2) is 0 Å². The van der Waals surface area contributed by atoms with Gasteiger partial charge >= 0.3 is 0 Å². The normalized spacial score (nSPS) is 15.9. The van der Waals surface area contributed by atoms with Crippen molar-refractivity contribution in [1.29, 1.82) is 0 Å². The number of aliphatic imine (C=N–C) groups is 1. The van der Waals surface area contributed by atoms with Crippen molar-refractivity contribution in [3.63, 3.8) is 0 Å². The lowest BCUT2D eigenvalue weighted by molar-refractivity contribution is -0.384. The summed E-state index contributed by atoms with van der Waals surface area (Å²) >= 11 is 1.26. The van der Waals surface area contributed by atoms with E-state index in [0.29, 0.717) is 34.5 Å². The Balaban J connectivity index is 1.69. The smallest absolute Gasteiger partial charge is 0.270 e. The van der Waals surface area contributed by atoms with Gasteiger partial charge in [-0.3, -0.25) is 24.8 Å². The number of nitro benzene ring substituents is 1. The van der Waals surface area contributed by atoms with Crippen LogP contribution >= 0.6 is 11.8 Å². The Morgan fingerprint density at radius 1 is 1.03 bits per heavy atom. The molecule has 1 heterocycles. The van der Waals surface area contributed by atoms with Gasteiger partial charge in [0.15, 0.2) is 5.17 Å². The van der Waals surface area contributed by atoms with E-state index in [1.807, 2.05) is 60.7 Å². The van der Waals surface area contributed by atoms with E-state index in [1.165, 1.54) is 37.1 Å². The van der Waals surface area contributed by atoms with Crippen LogP contribution in [0.3, 0.4) is 0 Å². The van der Waals surface area contributed by atoms with E-state index in [9.17, 15) is 14.9 Å². The fourth-order valence-electron chi connectivity index (χ4n) is 3.36. The Morgan fingerprint density at radius 2 is 1.70 bits per heavy atom. The summed E-state index contributed by atoms with van der Waals surface area (Å²) in [7, 11) is 1.49. The monoisotopic (exact) mass is 459 g/mol. The molecule has 0 N–H and O–H groups in total. The van der Waals surface area contributed by atoms with Gasteiger partial charge in [0, 0.05) is 17.7 Å². The third-order valence-corrected chi connectivity index (χ3v) is 6.07. The summed E-state index contributed by atoms with van der Waals surface area (Å²) in [6, 6.07) is 23.8. The molecule has 3 aromatic rings. The van der Waals surface area contributed by atoms with Crippen LogP contribution in [-0.2, 0) is 17.9 Å². The molecule has 0 unspecified atom stereocenters. The molecule has 0 aromatic heterocycles. The number of non-ortho nitro benzene ring substituents is 1. The van der Waals surface area contributed by atoms with Crippen LogP contribution in [0.5, 0.6) is 5.75 Å². The molecule has 1 amide bonds. The fraction of sp³-hybridized carbons (Fsp3) is 0.120. The van der Waals surface area contributed by atoms with Gasteiger partial charge < -0.3 is 4.74 Å². The Kier molecular flexibility index (Phi) is 6.85. The molecule has 3 aromatic carbocycles. The van der Waals surface area contributed by atoms with E-state index >= 15 is 0 Å². The Hall–Kier alpha value is -3.91. The Labute approximate surface area is 195 Å². The number of amides is 1. The van der Waals surface area contributed by atoms with Crippen LogP contribution in [0, 0.1) is 10.1 Å². The van der Waals surface area contributed by atoms with Gasteiger partial charge in [-0.15, -0.1) is 0 Å². The average molecular weight is 460 g/mol. The van der Waals surface area contributed by atoms with Crippen molar-refractivity contribution in [2.45, 2.75) is 13.1 Å². The fourth-order valence-corrected chi connectivity index (χ4v) is 4.33. The van der Waals surface area contributed by atoms with Crippen LogP contribution < -0.4 is 4.74 Å². The topological polar surface area (TPSA) is 85.0 Å². The minimum absolute atomic E-state index is 0.0720. The predicted octanol–water partition coefficient (Wildman–Crippen LogP) is 5.28. The second-order valence-electron chi connectivity index (χ2n) is 7.26. The molecular weight excluding hydrogens is 438 g/mol. The number of methoxy groups -OCH3 is 1. The van der Waals surface area contributed by atoms with Crippen LogP contribution in [0.15, 0.2) is 88.8 Å². The number of benzene rings is 3. The van der Waals surface area contributed by atoms with Crippen molar-refractivity contribution in [2.24, 2.45) is 4.99 Å². The van der Waals surface area contributed by atoms with Gasteiger partial charge in [0.05, 0.1) is 30.0 Å². The third-order valence-electron chi connectivity index (χ3n) is 5.02. The van der Waals surface area contributed by atoms with Gasteiger partial charge in [-0.2, -0.15) is 0 Å². The molecule has 4 rings (SSSR count). The van der Waals surface area contributed by atoms with E-state index in [-0.39, 0.29) is 11.6 Å². The number of nitro groups is 1. The van der Waals surface area contributed by atoms with Crippen LogP contribution in [0.2, 0.25) is 0 Å². The molecule has 0 saturated carbocycles. The van der Waals surface area contributed by atoms with Gasteiger partial charge in [0.1, 0.15) is 5.75 Å². The number of hydrogen-bond acceptors (Lipinski definition) is 6. The number of ether oxygens (including phenoxy) is 1. The predicted molar refractivity (Wildman–Crippen MR) is 130 cm³/mol. The van der Waals surface area contributed by atoms with Gasteiger partial charge in [0.25, 0.3) is 11.6 Å². The maximum absolute atomic E-state index is 13.3. The molecule has 7 nitrogen and oxygen atoms in total. The number of rotatable bonds is 7. The van der Waals surface area contributed by atoms with Crippen LogP contribution in [0.25, 0.3) is 6.08 Å². The maximum Gasteiger partial charge on any atom is 0.270 e. The van der Waals surface area contributed by atoms with Crippen LogP contribution in [-0.4, -0.2) is 28.0 Å². The highest BCUT2D eigenvalue weighted by molar-refractivity contribution is 8.18. The summed E-state index contributed by atoms with van der Waals surface area (Å²) in [5, 5.41) is 11.8. The molecule has 0 spiro atoms. The second-order valence-corrected chi connectivity index (χ2v) is 8.26. The maximum atomic E-state index is 13.3. The van der Waals surface area contributed by atoms with E-state index in [4.69, 9.17) is 9.73 Å². The number of nitrogens with zero attached hydrogens (tertiary/aromatic N) is 3. The van der Waals surface area contributed by atoms with E-state index in [0.717, 1.165) is 11.1 Å². The lowest BCUT2D eigenvalue weighted by atomic mass is 10.1. The number of thioether (sulfide) groups is 1. The molecule has 33 heavy (non-hydrogen) atoms. The first-order valence-corrected chi connectivity index (χ1v) is 11.0. The zero-order chi connectivity index (χ0) is 23.2. The molecule has 166 valence electrons. The summed E-state index contributed by atoms with van der Waals surface area (Å²) in [6.07, 6.45) is 1.63. The molecule has 1 saturated heterocycles.